The third kappa shape index (κ3) is 3.74. The van der Waals surface area contributed by atoms with Crippen molar-refractivity contribution in [2.75, 3.05) is 6.61 Å². The van der Waals surface area contributed by atoms with Crippen LogP contribution in [0, 0.1) is 5.82 Å². The monoisotopic (exact) mass is 245 g/mol. The summed E-state index contributed by atoms with van der Waals surface area (Å²) in [5.74, 6) is -0.274. The molecule has 2 nitrogen and oxygen atoms in total. The molecular formula is C12H17ClFNO. The molecule has 0 aliphatic rings. The van der Waals surface area contributed by atoms with Crippen LogP contribution in [0.1, 0.15) is 19.4 Å². The van der Waals surface area contributed by atoms with Crippen molar-refractivity contribution in [3.05, 3.63) is 34.6 Å². The maximum Gasteiger partial charge on any atom is 0.126 e. The molecule has 4 heteroatoms. The fourth-order valence-corrected chi connectivity index (χ4v) is 1.70. The molecule has 1 aromatic carbocycles. The fraction of sp³-hybridized carbons (Fsp3) is 0.500. The van der Waals surface area contributed by atoms with Crippen molar-refractivity contribution in [2.45, 2.75) is 32.4 Å². The molecule has 0 radical (unpaired) electrons. The van der Waals surface area contributed by atoms with E-state index < -0.39 is 0 Å². The number of rotatable bonds is 5. The van der Waals surface area contributed by atoms with Gasteiger partial charge < -0.3 is 10.5 Å². The minimum absolute atomic E-state index is 0.0941. The summed E-state index contributed by atoms with van der Waals surface area (Å²) in [4.78, 5) is 0. The summed E-state index contributed by atoms with van der Waals surface area (Å²) in [6.45, 7) is 4.40. The zero-order valence-electron chi connectivity index (χ0n) is 9.54. The second-order valence-corrected chi connectivity index (χ2v) is 4.20. The van der Waals surface area contributed by atoms with E-state index >= 15 is 0 Å². The zero-order chi connectivity index (χ0) is 12.1. The molecular weight excluding hydrogens is 229 g/mol. The normalized spacial score (nSPS) is 14.8. The predicted molar refractivity (Wildman–Crippen MR) is 64.2 cm³/mol. The van der Waals surface area contributed by atoms with Crippen molar-refractivity contribution in [2.24, 2.45) is 5.73 Å². The SMILES string of the molecule is CCOC(C)C(N)Cc1cc(Cl)ccc1F. The van der Waals surface area contributed by atoms with Gasteiger partial charge in [-0.05, 0) is 44.0 Å². The predicted octanol–water partition coefficient (Wildman–Crippen LogP) is 2.77. The van der Waals surface area contributed by atoms with Gasteiger partial charge >= 0.3 is 0 Å². The molecule has 1 aromatic rings. The van der Waals surface area contributed by atoms with Gasteiger partial charge in [0.1, 0.15) is 5.82 Å². The van der Waals surface area contributed by atoms with Crippen LogP contribution in [-0.4, -0.2) is 18.8 Å². The van der Waals surface area contributed by atoms with Gasteiger partial charge in [-0.3, -0.25) is 0 Å². The molecule has 0 amide bonds. The van der Waals surface area contributed by atoms with Crippen LogP contribution in [0.15, 0.2) is 18.2 Å². The fourth-order valence-electron chi connectivity index (χ4n) is 1.51. The molecule has 0 spiro atoms. The summed E-state index contributed by atoms with van der Waals surface area (Å²) in [5.41, 5.74) is 6.45. The van der Waals surface area contributed by atoms with Gasteiger partial charge in [0.15, 0.2) is 0 Å². The van der Waals surface area contributed by atoms with Crippen molar-refractivity contribution in [3.63, 3.8) is 0 Å². The molecule has 90 valence electrons. The molecule has 0 saturated heterocycles. The van der Waals surface area contributed by atoms with Crippen LogP contribution >= 0.6 is 11.6 Å². The van der Waals surface area contributed by atoms with E-state index in [2.05, 4.69) is 0 Å². The molecule has 2 atom stereocenters. The maximum atomic E-state index is 13.4. The van der Waals surface area contributed by atoms with Gasteiger partial charge in [-0.2, -0.15) is 0 Å². The Kier molecular flexibility index (Phi) is 5.19. The molecule has 0 aliphatic carbocycles. The first-order valence-electron chi connectivity index (χ1n) is 5.35. The molecule has 0 bridgehead atoms. The van der Waals surface area contributed by atoms with E-state index in [4.69, 9.17) is 22.1 Å². The van der Waals surface area contributed by atoms with Gasteiger partial charge in [0.25, 0.3) is 0 Å². The lowest BCUT2D eigenvalue weighted by molar-refractivity contribution is 0.0575. The highest BCUT2D eigenvalue weighted by molar-refractivity contribution is 6.30. The van der Waals surface area contributed by atoms with Gasteiger partial charge in [-0.25, -0.2) is 4.39 Å². The Morgan fingerprint density at radius 3 is 2.81 bits per heavy atom. The van der Waals surface area contributed by atoms with Crippen LogP contribution in [0.2, 0.25) is 5.02 Å². The van der Waals surface area contributed by atoms with Crippen molar-refractivity contribution >= 4 is 11.6 Å². The molecule has 1 rings (SSSR count). The summed E-state index contributed by atoms with van der Waals surface area (Å²) >= 11 is 5.80. The number of hydrogen-bond acceptors (Lipinski definition) is 2. The van der Waals surface area contributed by atoms with Crippen LogP contribution in [0.4, 0.5) is 4.39 Å². The largest absolute Gasteiger partial charge is 0.377 e. The Hall–Kier alpha value is -0.640. The standard InChI is InChI=1S/C12H17ClFNO/c1-3-16-8(2)12(15)7-9-6-10(13)4-5-11(9)14/h4-6,8,12H,3,7,15H2,1-2H3. The number of nitrogens with two attached hydrogens (primary N) is 1. The molecule has 0 fully saturated rings. The van der Waals surface area contributed by atoms with E-state index in [-0.39, 0.29) is 18.0 Å². The van der Waals surface area contributed by atoms with Gasteiger partial charge in [0.05, 0.1) is 6.10 Å². The summed E-state index contributed by atoms with van der Waals surface area (Å²) in [5, 5.41) is 0.521. The molecule has 16 heavy (non-hydrogen) atoms. The van der Waals surface area contributed by atoms with E-state index in [1.54, 1.807) is 6.07 Å². The Morgan fingerprint density at radius 1 is 1.50 bits per heavy atom. The minimum atomic E-state index is -0.274. The number of ether oxygens (including phenoxy) is 1. The lowest BCUT2D eigenvalue weighted by Crippen LogP contribution is -2.36. The van der Waals surface area contributed by atoms with E-state index in [0.29, 0.717) is 23.6 Å². The Balaban J connectivity index is 2.68. The highest BCUT2D eigenvalue weighted by Crippen LogP contribution is 2.17. The average molecular weight is 246 g/mol. The zero-order valence-corrected chi connectivity index (χ0v) is 10.3. The smallest absolute Gasteiger partial charge is 0.126 e. The summed E-state index contributed by atoms with van der Waals surface area (Å²) in [6, 6.07) is 4.26. The van der Waals surface area contributed by atoms with Crippen LogP contribution < -0.4 is 5.73 Å². The molecule has 2 unspecified atom stereocenters. The van der Waals surface area contributed by atoms with Crippen molar-refractivity contribution in [1.29, 1.82) is 0 Å². The molecule has 2 N–H and O–H groups in total. The van der Waals surface area contributed by atoms with Crippen LogP contribution in [-0.2, 0) is 11.2 Å². The lowest BCUT2D eigenvalue weighted by atomic mass is 10.0. The van der Waals surface area contributed by atoms with E-state index in [1.165, 1.54) is 12.1 Å². The van der Waals surface area contributed by atoms with Crippen molar-refractivity contribution < 1.29 is 9.13 Å². The summed E-state index contributed by atoms with van der Waals surface area (Å²) in [6.07, 6.45) is 0.330. The van der Waals surface area contributed by atoms with E-state index in [9.17, 15) is 4.39 Å². The second kappa shape index (κ2) is 6.18. The Labute approximate surface area is 101 Å². The molecule has 0 heterocycles. The second-order valence-electron chi connectivity index (χ2n) is 3.76. The van der Waals surface area contributed by atoms with E-state index in [1.807, 2.05) is 13.8 Å². The van der Waals surface area contributed by atoms with E-state index in [0.717, 1.165) is 0 Å². The topological polar surface area (TPSA) is 35.2 Å². The molecule has 0 aliphatic heterocycles. The Morgan fingerprint density at radius 2 is 2.19 bits per heavy atom. The van der Waals surface area contributed by atoms with Gasteiger partial charge in [0.2, 0.25) is 0 Å². The van der Waals surface area contributed by atoms with Crippen LogP contribution in [0.5, 0.6) is 0 Å². The van der Waals surface area contributed by atoms with Crippen molar-refractivity contribution in [3.8, 4) is 0 Å². The maximum absolute atomic E-state index is 13.4. The van der Waals surface area contributed by atoms with Gasteiger partial charge in [-0.1, -0.05) is 11.6 Å². The highest BCUT2D eigenvalue weighted by Gasteiger charge is 2.15. The average Bonchev–Trinajstić information content (AvgIpc) is 2.23. The van der Waals surface area contributed by atoms with Crippen molar-refractivity contribution in [1.82, 2.24) is 0 Å². The summed E-state index contributed by atoms with van der Waals surface area (Å²) < 4.78 is 18.8. The van der Waals surface area contributed by atoms with Gasteiger partial charge in [0, 0.05) is 17.7 Å². The number of hydrogen-bond donors (Lipinski definition) is 1. The summed E-state index contributed by atoms with van der Waals surface area (Å²) in [7, 11) is 0. The third-order valence-electron chi connectivity index (χ3n) is 2.50. The third-order valence-corrected chi connectivity index (χ3v) is 2.73. The first kappa shape index (κ1) is 13.4. The Bertz CT molecular complexity index is 346. The molecule has 0 saturated carbocycles. The first-order chi connectivity index (χ1) is 7.54. The van der Waals surface area contributed by atoms with Crippen LogP contribution in [0.25, 0.3) is 0 Å². The lowest BCUT2D eigenvalue weighted by Gasteiger charge is -2.20. The minimum Gasteiger partial charge on any atom is -0.377 e. The quantitative estimate of drug-likeness (QED) is 0.866. The number of benzene rings is 1. The number of halogens is 2. The first-order valence-corrected chi connectivity index (χ1v) is 5.73. The highest BCUT2D eigenvalue weighted by atomic mass is 35.5. The molecule has 0 aromatic heterocycles. The van der Waals surface area contributed by atoms with Crippen LogP contribution in [0.3, 0.4) is 0 Å². The van der Waals surface area contributed by atoms with Gasteiger partial charge in [-0.15, -0.1) is 0 Å².